The monoisotopic (exact) mass is 314 g/mol. The second-order valence-electron chi connectivity index (χ2n) is 5.10. The van der Waals surface area contributed by atoms with Crippen LogP contribution in [0.5, 0.6) is 0 Å². The molecule has 0 amide bonds. The summed E-state index contributed by atoms with van der Waals surface area (Å²) >= 11 is 13.7. The molecule has 1 aliphatic heterocycles. The van der Waals surface area contributed by atoms with E-state index in [9.17, 15) is 0 Å². The van der Waals surface area contributed by atoms with Crippen molar-refractivity contribution >= 4 is 47.2 Å². The van der Waals surface area contributed by atoms with Gasteiger partial charge in [-0.05, 0) is 25.0 Å². The third-order valence-electron chi connectivity index (χ3n) is 3.82. The van der Waals surface area contributed by atoms with Crippen LogP contribution in [-0.2, 0) is 0 Å². The minimum absolute atomic E-state index is 0.545. The molecular formula is C14H16Cl2N2S. The van der Waals surface area contributed by atoms with E-state index in [1.165, 1.54) is 50.5 Å². The lowest BCUT2D eigenvalue weighted by atomic mass is 10.1. The first kappa shape index (κ1) is 13.6. The zero-order valence-corrected chi connectivity index (χ0v) is 12.9. The molecule has 2 nitrogen and oxygen atoms in total. The van der Waals surface area contributed by atoms with E-state index in [4.69, 9.17) is 23.2 Å². The minimum Gasteiger partial charge on any atom is -0.328 e. The molecule has 0 spiro atoms. The Morgan fingerprint density at radius 2 is 1.74 bits per heavy atom. The fraction of sp³-hybridized carbons (Fsp3) is 0.500. The zero-order chi connectivity index (χ0) is 13.2. The molecule has 3 rings (SSSR count). The Bertz CT molecular complexity index is 496. The van der Waals surface area contributed by atoms with Gasteiger partial charge in [0.05, 0.1) is 20.6 Å². The fourth-order valence-electron chi connectivity index (χ4n) is 2.81. The summed E-state index contributed by atoms with van der Waals surface area (Å²) in [4.78, 5) is 3.39. The van der Waals surface area contributed by atoms with Crippen LogP contribution in [0.1, 0.15) is 38.5 Å². The lowest BCUT2D eigenvalue weighted by Gasteiger charge is -2.32. The average Bonchev–Trinajstić information content (AvgIpc) is 2.68. The number of benzene rings is 1. The Hall–Kier alpha value is -0.380. The molecule has 0 N–H and O–H groups in total. The molecule has 1 heterocycles. The summed E-state index contributed by atoms with van der Waals surface area (Å²) in [5.41, 5.74) is 1.15. The molecule has 0 atom stereocenters. The van der Waals surface area contributed by atoms with Gasteiger partial charge in [0.25, 0.3) is 0 Å². The summed E-state index contributed by atoms with van der Waals surface area (Å²) < 4.78 is 4.39. The number of hydrogen-bond donors (Lipinski definition) is 0. The van der Waals surface area contributed by atoms with Crippen LogP contribution in [-0.4, -0.2) is 12.4 Å². The molecule has 19 heavy (non-hydrogen) atoms. The Morgan fingerprint density at radius 3 is 2.47 bits per heavy atom. The van der Waals surface area contributed by atoms with Crippen LogP contribution < -0.4 is 4.90 Å². The normalized spacial score (nSPS) is 20.2. The van der Waals surface area contributed by atoms with Crippen molar-refractivity contribution in [1.82, 2.24) is 0 Å². The van der Waals surface area contributed by atoms with E-state index >= 15 is 0 Å². The van der Waals surface area contributed by atoms with Crippen LogP contribution >= 0.6 is 35.1 Å². The van der Waals surface area contributed by atoms with Gasteiger partial charge in [0, 0.05) is 18.0 Å². The Kier molecular flexibility index (Phi) is 4.25. The molecule has 0 aromatic heterocycles. The highest BCUT2D eigenvalue weighted by atomic mass is 35.5. The maximum Gasteiger partial charge on any atom is 0.104 e. The van der Waals surface area contributed by atoms with Gasteiger partial charge in [-0.1, -0.05) is 48.9 Å². The van der Waals surface area contributed by atoms with Crippen LogP contribution in [0.4, 0.5) is 5.69 Å². The van der Waals surface area contributed by atoms with Crippen LogP contribution in [0, 0.1) is 0 Å². The SMILES string of the molecule is Clc1cc2c(cc1Cl)N(C1CCCCCC1)C=NS2. The van der Waals surface area contributed by atoms with Gasteiger partial charge in [0.1, 0.15) is 6.34 Å². The molecule has 0 unspecified atom stereocenters. The number of fused-ring (bicyclic) bond motifs is 1. The van der Waals surface area contributed by atoms with Gasteiger partial charge in [0.15, 0.2) is 0 Å². The van der Waals surface area contributed by atoms with Crippen LogP contribution in [0.25, 0.3) is 0 Å². The molecule has 0 radical (unpaired) electrons. The number of hydrogen-bond acceptors (Lipinski definition) is 3. The average molecular weight is 315 g/mol. The summed E-state index contributed by atoms with van der Waals surface area (Å²) in [6, 6.07) is 4.44. The van der Waals surface area contributed by atoms with Crippen LogP contribution in [0.3, 0.4) is 0 Å². The minimum atomic E-state index is 0.545. The van der Waals surface area contributed by atoms with E-state index < -0.39 is 0 Å². The number of rotatable bonds is 1. The second kappa shape index (κ2) is 5.94. The summed E-state index contributed by atoms with van der Waals surface area (Å²) in [6.45, 7) is 0. The van der Waals surface area contributed by atoms with Crippen molar-refractivity contribution in [3.05, 3.63) is 22.2 Å². The van der Waals surface area contributed by atoms with Gasteiger partial charge < -0.3 is 4.90 Å². The first-order valence-corrected chi connectivity index (χ1v) is 8.26. The van der Waals surface area contributed by atoms with Gasteiger partial charge >= 0.3 is 0 Å². The van der Waals surface area contributed by atoms with Gasteiger partial charge in [-0.2, -0.15) is 0 Å². The topological polar surface area (TPSA) is 15.6 Å². The zero-order valence-electron chi connectivity index (χ0n) is 10.6. The highest BCUT2D eigenvalue weighted by Gasteiger charge is 2.24. The molecule has 5 heteroatoms. The predicted molar refractivity (Wildman–Crippen MR) is 84.8 cm³/mol. The highest BCUT2D eigenvalue weighted by Crippen LogP contribution is 2.41. The van der Waals surface area contributed by atoms with E-state index in [2.05, 4.69) is 9.30 Å². The van der Waals surface area contributed by atoms with Gasteiger partial charge in [-0.15, -0.1) is 0 Å². The molecule has 1 fully saturated rings. The molecule has 2 aliphatic rings. The Labute approximate surface area is 128 Å². The summed E-state index contributed by atoms with van der Waals surface area (Å²) in [6.07, 6.45) is 9.73. The number of halogens is 2. The van der Waals surface area contributed by atoms with E-state index in [0.717, 1.165) is 10.6 Å². The van der Waals surface area contributed by atoms with E-state index in [1.54, 1.807) is 0 Å². The Balaban J connectivity index is 1.93. The molecule has 1 aromatic rings. The largest absolute Gasteiger partial charge is 0.328 e. The number of anilines is 1. The summed E-state index contributed by atoms with van der Waals surface area (Å²) in [5, 5.41) is 1.22. The third kappa shape index (κ3) is 2.88. The first-order chi connectivity index (χ1) is 9.25. The van der Waals surface area contributed by atoms with E-state index in [1.807, 2.05) is 18.5 Å². The van der Waals surface area contributed by atoms with Crippen molar-refractivity contribution in [2.45, 2.75) is 49.5 Å². The van der Waals surface area contributed by atoms with Crippen molar-refractivity contribution in [3.63, 3.8) is 0 Å². The van der Waals surface area contributed by atoms with Crippen molar-refractivity contribution in [2.24, 2.45) is 4.40 Å². The van der Waals surface area contributed by atoms with Crippen LogP contribution in [0.15, 0.2) is 21.4 Å². The van der Waals surface area contributed by atoms with Crippen molar-refractivity contribution in [2.75, 3.05) is 4.90 Å². The lowest BCUT2D eigenvalue weighted by Crippen LogP contribution is -2.35. The van der Waals surface area contributed by atoms with Crippen LogP contribution in [0.2, 0.25) is 10.0 Å². The van der Waals surface area contributed by atoms with E-state index in [-0.39, 0.29) is 0 Å². The van der Waals surface area contributed by atoms with Gasteiger partial charge in [-0.25, -0.2) is 4.40 Å². The highest BCUT2D eigenvalue weighted by molar-refractivity contribution is 7.98. The molecule has 1 saturated carbocycles. The second-order valence-corrected chi connectivity index (χ2v) is 6.75. The molecule has 1 aromatic carbocycles. The van der Waals surface area contributed by atoms with Crippen molar-refractivity contribution < 1.29 is 0 Å². The lowest BCUT2D eigenvalue weighted by molar-refractivity contribution is 0.578. The molecule has 0 saturated heterocycles. The maximum atomic E-state index is 6.17. The summed E-state index contributed by atoms with van der Waals surface area (Å²) in [7, 11) is 0. The molecule has 102 valence electrons. The van der Waals surface area contributed by atoms with Gasteiger partial charge in [0.2, 0.25) is 0 Å². The predicted octanol–water partition coefficient (Wildman–Crippen LogP) is 5.57. The maximum absolute atomic E-state index is 6.17. The van der Waals surface area contributed by atoms with Gasteiger partial charge in [-0.3, -0.25) is 0 Å². The third-order valence-corrected chi connectivity index (χ3v) is 5.27. The van der Waals surface area contributed by atoms with Crippen molar-refractivity contribution in [3.8, 4) is 0 Å². The standard InChI is InChI=1S/C14H16Cl2N2S/c15-11-7-13-14(8-12(11)16)19-17-9-18(13)10-5-3-1-2-4-6-10/h7-10H,1-6H2. The first-order valence-electron chi connectivity index (χ1n) is 6.73. The molecular weight excluding hydrogens is 299 g/mol. The smallest absolute Gasteiger partial charge is 0.104 e. The molecule has 1 aliphatic carbocycles. The molecule has 0 bridgehead atoms. The summed E-state index contributed by atoms with van der Waals surface area (Å²) in [5.74, 6) is 0. The quantitative estimate of drug-likeness (QED) is 0.497. The number of nitrogens with zero attached hydrogens (tertiary/aromatic N) is 2. The van der Waals surface area contributed by atoms with E-state index in [0.29, 0.717) is 16.1 Å². The Morgan fingerprint density at radius 1 is 1.05 bits per heavy atom. The fourth-order valence-corrected chi connectivity index (χ4v) is 3.89. The van der Waals surface area contributed by atoms with Crippen molar-refractivity contribution in [1.29, 1.82) is 0 Å².